The monoisotopic (exact) mass is 277 g/mol. The maximum Gasteiger partial charge on any atom is 0.204 e. The second kappa shape index (κ2) is 4.41. The Bertz CT molecular complexity index is 904. The summed E-state index contributed by atoms with van der Waals surface area (Å²) in [5.41, 5.74) is 8.08. The van der Waals surface area contributed by atoms with Crippen LogP contribution in [-0.4, -0.2) is 29.1 Å². The third kappa shape index (κ3) is 1.83. The largest absolute Gasteiger partial charge is 0.399 e. The van der Waals surface area contributed by atoms with E-state index in [1.807, 2.05) is 39.4 Å². The fraction of sp³-hybridized carbons (Fsp3) is 0. The number of imidazole rings is 1. The van der Waals surface area contributed by atoms with Crippen LogP contribution in [0.5, 0.6) is 0 Å². The average molecular weight is 277 g/mol. The molecule has 1 aromatic carbocycles. The minimum absolute atomic E-state index is 0.673. The molecule has 102 valence electrons. The highest BCUT2D eigenvalue weighted by Gasteiger charge is 2.12. The van der Waals surface area contributed by atoms with Crippen molar-refractivity contribution in [2.75, 3.05) is 5.73 Å². The van der Waals surface area contributed by atoms with E-state index in [-0.39, 0.29) is 0 Å². The Kier molecular flexibility index (Phi) is 2.43. The Morgan fingerprint density at radius 3 is 2.62 bits per heavy atom. The predicted octanol–water partition coefficient (Wildman–Crippen LogP) is 1.56. The Labute approximate surface area is 119 Å². The topological polar surface area (TPSA) is 86.9 Å². The van der Waals surface area contributed by atoms with Crippen LogP contribution in [0.3, 0.4) is 0 Å². The lowest BCUT2D eigenvalue weighted by molar-refractivity contribution is 0.975. The molecule has 4 aromatic rings. The van der Waals surface area contributed by atoms with Gasteiger partial charge in [-0.2, -0.15) is 0 Å². The number of nitrogens with two attached hydrogens (primary N) is 1. The highest BCUT2D eigenvalue weighted by molar-refractivity contribution is 5.64. The summed E-state index contributed by atoms with van der Waals surface area (Å²) in [7, 11) is 0. The normalized spacial score (nSPS) is 11.0. The van der Waals surface area contributed by atoms with Crippen molar-refractivity contribution in [3.63, 3.8) is 0 Å². The van der Waals surface area contributed by atoms with Gasteiger partial charge in [-0.15, -0.1) is 10.2 Å². The van der Waals surface area contributed by atoms with Crippen molar-refractivity contribution in [1.82, 2.24) is 29.1 Å². The summed E-state index contributed by atoms with van der Waals surface area (Å²) in [6.07, 6.45) is 8.73. The lowest BCUT2D eigenvalue weighted by Gasteiger charge is -2.07. The van der Waals surface area contributed by atoms with E-state index >= 15 is 0 Å². The third-order valence-electron chi connectivity index (χ3n) is 3.23. The van der Waals surface area contributed by atoms with E-state index in [2.05, 4.69) is 20.2 Å². The van der Waals surface area contributed by atoms with Crippen LogP contribution < -0.4 is 5.73 Å². The van der Waals surface area contributed by atoms with Gasteiger partial charge in [0.25, 0.3) is 0 Å². The zero-order valence-corrected chi connectivity index (χ0v) is 11.0. The van der Waals surface area contributed by atoms with Gasteiger partial charge < -0.3 is 5.73 Å². The van der Waals surface area contributed by atoms with Crippen LogP contribution in [-0.2, 0) is 0 Å². The van der Waals surface area contributed by atoms with E-state index in [1.54, 1.807) is 24.9 Å². The van der Waals surface area contributed by atoms with Crippen molar-refractivity contribution in [3.05, 3.63) is 55.4 Å². The maximum absolute atomic E-state index is 5.73. The summed E-state index contributed by atoms with van der Waals surface area (Å²) < 4.78 is 3.70. The molecule has 0 aliphatic heterocycles. The number of aromatic nitrogens is 6. The smallest absolute Gasteiger partial charge is 0.204 e. The van der Waals surface area contributed by atoms with Crippen molar-refractivity contribution in [1.29, 1.82) is 0 Å². The first-order chi connectivity index (χ1) is 10.3. The molecule has 0 saturated heterocycles. The van der Waals surface area contributed by atoms with Gasteiger partial charge in [-0.05, 0) is 24.3 Å². The second-order valence-electron chi connectivity index (χ2n) is 4.56. The first kappa shape index (κ1) is 11.6. The number of hydrogen-bond acceptors (Lipinski definition) is 5. The molecule has 21 heavy (non-hydrogen) atoms. The molecule has 0 aliphatic carbocycles. The van der Waals surface area contributed by atoms with Gasteiger partial charge in [-0.3, -0.25) is 8.97 Å². The molecule has 7 heteroatoms. The molecule has 0 fully saturated rings. The molecule has 0 unspecified atom stereocenters. The molecule has 0 saturated carbocycles. The predicted molar refractivity (Wildman–Crippen MR) is 77.8 cm³/mol. The van der Waals surface area contributed by atoms with Gasteiger partial charge in [0.1, 0.15) is 12.2 Å². The molecular weight excluding hydrogens is 266 g/mol. The summed E-state index contributed by atoms with van der Waals surface area (Å²) in [6.45, 7) is 0. The van der Waals surface area contributed by atoms with Gasteiger partial charge in [0.05, 0.1) is 0 Å². The van der Waals surface area contributed by atoms with Crippen LogP contribution in [0.1, 0.15) is 0 Å². The summed E-state index contributed by atoms with van der Waals surface area (Å²) in [6, 6.07) is 7.55. The number of anilines is 1. The molecule has 4 rings (SSSR count). The van der Waals surface area contributed by atoms with Crippen LogP contribution >= 0.6 is 0 Å². The van der Waals surface area contributed by atoms with Crippen LogP contribution in [0.15, 0.2) is 55.4 Å². The minimum atomic E-state index is 0.673. The fourth-order valence-corrected chi connectivity index (χ4v) is 2.24. The van der Waals surface area contributed by atoms with E-state index < -0.39 is 0 Å². The lowest BCUT2D eigenvalue weighted by Crippen LogP contribution is -2.02. The molecule has 7 nitrogen and oxygen atoms in total. The van der Waals surface area contributed by atoms with Crippen LogP contribution in [0.2, 0.25) is 0 Å². The summed E-state index contributed by atoms with van der Waals surface area (Å²) in [5, 5.41) is 8.01. The maximum atomic E-state index is 5.73. The molecule has 0 atom stereocenters. The van der Waals surface area contributed by atoms with Crippen LogP contribution in [0.4, 0.5) is 5.69 Å². The van der Waals surface area contributed by atoms with Crippen molar-refractivity contribution < 1.29 is 0 Å². The standard InChI is InChI=1S/C14H11N7/c15-11-3-1-10(2-4-11)12-16-6-8-21(12)13-14-19-18-9-20(14)7-5-17-13/h1-9H,15H2. The molecular formula is C14H11N7. The van der Waals surface area contributed by atoms with Gasteiger partial charge in [-0.25, -0.2) is 9.97 Å². The summed E-state index contributed by atoms with van der Waals surface area (Å²) in [5.74, 6) is 1.46. The Morgan fingerprint density at radius 2 is 1.76 bits per heavy atom. The number of nitrogen functional groups attached to an aromatic ring is 1. The van der Waals surface area contributed by atoms with Crippen LogP contribution in [0.25, 0.3) is 22.9 Å². The third-order valence-corrected chi connectivity index (χ3v) is 3.23. The van der Waals surface area contributed by atoms with Gasteiger partial charge in [0, 0.05) is 36.0 Å². The molecule has 3 aromatic heterocycles. The molecule has 0 spiro atoms. The zero-order valence-electron chi connectivity index (χ0n) is 11.0. The number of hydrogen-bond donors (Lipinski definition) is 1. The highest BCUT2D eigenvalue weighted by Crippen LogP contribution is 2.22. The number of rotatable bonds is 2. The quantitative estimate of drug-likeness (QED) is 0.562. The number of benzene rings is 1. The van der Waals surface area contributed by atoms with Crippen molar-refractivity contribution >= 4 is 11.3 Å². The molecule has 0 radical (unpaired) electrons. The Balaban J connectivity index is 1.93. The van der Waals surface area contributed by atoms with Gasteiger partial charge >= 0.3 is 0 Å². The molecule has 0 bridgehead atoms. The number of nitrogens with zero attached hydrogens (tertiary/aromatic N) is 6. The van der Waals surface area contributed by atoms with E-state index in [1.165, 1.54) is 0 Å². The van der Waals surface area contributed by atoms with E-state index in [0.717, 1.165) is 17.1 Å². The lowest BCUT2D eigenvalue weighted by atomic mass is 10.2. The molecule has 0 amide bonds. The molecule has 2 N–H and O–H groups in total. The first-order valence-electron chi connectivity index (χ1n) is 6.37. The van der Waals surface area contributed by atoms with Gasteiger partial charge in [0.15, 0.2) is 5.82 Å². The van der Waals surface area contributed by atoms with Crippen molar-refractivity contribution in [2.24, 2.45) is 0 Å². The van der Waals surface area contributed by atoms with Crippen molar-refractivity contribution in [2.45, 2.75) is 0 Å². The zero-order chi connectivity index (χ0) is 14.2. The summed E-state index contributed by atoms with van der Waals surface area (Å²) >= 11 is 0. The first-order valence-corrected chi connectivity index (χ1v) is 6.37. The average Bonchev–Trinajstić information content (AvgIpc) is 3.16. The van der Waals surface area contributed by atoms with Crippen LogP contribution in [0, 0.1) is 0 Å². The fourth-order valence-electron chi connectivity index (χ4n) is 2.24. The minimum Gasteiger partial charge on any atom is -0.399 e. The van der Waals surface area contributed by atoms with E-state index in [0.29, 0.717) is 11.5 Å². The highest BCUT2D eigenvalue weighted by atomic mass is 15.3. The molecule has 3 heterocycles. The molecule has 0 aliphatic rings. The van der Waals surface area contributed by atoms with E-state index in [9.17, 15) is 0 Å². The Morgan fingerprint density at radius 1 is 0.952 bits per heavy atom. The number of fused-ring (bicyclic) bond motifs is 1. The summed E-state index contributed by atoms with van der Waals surface area (Å²) in [4.78, 5) is 8.81. The van der Waals surface area contributed by atoms with Gasteiger partial charge in [-0.1, -0.05) is 0 Å². The van der Waals surface area contributed by atoms with Gasteiger partial charge in [0.2, 0.25) is 5.65 Å². The van der Waals surface area contributed by atoms with Crippen molar-refractivity contribution in [3.8, 4) is 17.2 Å². The van der Waals surface area contributed by atoms with E-state index in [4.69, 9.17) is 5.73 Å². The SMILES string of the molecule is Nc1ccc(-c2nccn2-c2nccn3cnnc23)cc1. The Hall–Kier alpha value is -3.22. The second-order valence-corrected chi connectivity index (χ2v) is 4.56.